The van der Waals surface area contributed by atoms with Gasteiger partial charge in [-0.1, -0.05) is 0 Å². The van der Waals surface area contributed by atoms with E-state index in [9.17, 15) is 0 Å². The molecule has 0 saturated heterocycles. The van der Waals surface area contributed by atoms with Crippen LogP contribution < -0.4 is 10.1 Å². The van der Waals surface area contributed by atoms with Crippen LogP contribution in [0.15, 0.2) is 6.20 Å². The van der Waals surface area contributed by atoms with E-state index >= 15 is 0 Å². The zero-order valence-electron chi connectivity index (χ0n) is 9.27. The standard InChI is InChI=1S/C9H10ClN5OS/c1-5-3-11-6(17-5)4-12-8-13-7(10)14-9(15-8)16-2/h3H,4H2,1-2H3,(H,12,13,14,15). The van der Waals surface area contributed by atoms with Gasteiger partial charge in [0.25, 0.3) is 0 Å². The van der Waals surface area contributed by atoms with Crippen molar-refractivity contribution in [2.24, 2.45) is 0 Å². The molecule has 0 bridgehead atoms. The third kappa shape index (κ3) is 3.24. The highest BCUT2D eigenvalue weighted by Crippen LogP contribution is 2.14. The average molecular weight is 272 g/mol. The zero-order chi connectivity index (χ0) is 12.3. The lowest BCUT2D eigenvalue weighted by atomic mass is 10.6. The lowest BCUT2D eigenvalue weighted by Gasteiger charge is -2.04. The number of aromatic nitrogens is 4. The number of ether oxygens (including phenoxy) is 1. The minimum absolute atomic E-state index is 0.0923. The molecule has 0 radical (unpaired) electrons. The maximum absolute atomic E-state index is 5.72. The van der Waals surface area contributed by atoms with Crippen molar-refractivity contribution in [1.82, 2.24) is 19.9 Å². The maximum Gasteiger partial charge on any atom is 0.322 e. The minimum Gasteiger partial charge on any atom is -0.467 e. The van der Waals surface area contributed by atoms with Crippen LogP contribution in [0.4, 0.5) is 5.95 Å². The number of hydrogen-bond donors (Lipinski definition) is 1. The fourth-order valence-corrected chi connectivity index (χ4v) is 2.02. The van der Waals surface area contributed by atoms with Crippen molar-refractivity contribution in [3.63, 3.8) is 0 Å². The third-order valence-corrected chi connectivity index (χ3v) is 2.92. The maximum atomic E-state index is 5.72. The quantitative estimate of drug-likeness (QED) is 0.916. The molecule has 0 spiro atoms. The number of aryl methyl sites for hydroxylation is 1. The second kappa shape index (κ2) is 5.24. The molecule has 0 saturated carbocycles. The first-order chi connectivity index (χ1) is 8.17. The summed E-state index contributed by atoms with van der Waals surface area (Å²) in [6, 6.07) is 0.183. The molecule has 2 rings (SSSR count). The number of halogens is 1. The van der Waals surface area contributed by atoms with Crippen LogP contribution in [0.25, 0.3) is 0 Å². The van der Waals surface area contributed by atoms with Crippen molar-refractivity contribution in [2.75, 3.05) is 12.4 Å². The SMILES string of the molecule is COc1nc(Cl)nc(NCc2ncc(C)s2)n1. The van der Waals surface area contributed by atoms with E-state index in [0.717, 1.165) is 9.88 Å². The summed E-state index contributed by atoms with van der Waals surface area (Å²) in [7, 11) is 1.47. The van der Waals surface area contributed by atoms with Gasteiger partial charge in [-0.2, -0.15) is 15.0 Å². The Morgan fingerprint density at radius 2 is 2.24 bits per heavy atom. The predicted molar refractivity (Wildman–Crippen MR) is 65.6 cm³/mol. The van der Waals surface area contributed by atoms with Crippen LogP contribution in [0.1, 0.15) is 9.88 Å². The summed E-state index contributed by atoms with van der Waals surface area (Å²) in [6.07, 6.45) is 1.82. The number of methoxy groups -OCH3 is 1. The van der Waals surface area contributed by atoms with Gasteiger partial charge in [-0.25, -0.2) is 4.98 Å². The van der Waals surface area contributed by atoms with Gasteiger partial charge in [0.05, 0.1) is 13.7 Å². The Hall–Kier alpha value is -1.47. The second-order valence-electron chi connectivity index (χ2n) is 3.13. The summed E-state index contributed by atoms with van der Waals surface area (Å²) in [5, 5.41) is 4.06. The summed E-state index contributed by atoms with van der Waals surface area (Å²) in [4.78, 5) is 17.1. The van der Waals surface area contributed by atoms with Gasteiger partial charge in [-0.3, -0.25) is 0 Å². The van der Waals surface area contributed by atoms with Crippen molar-refractivity contribution < 1.29 is 4.74 Å². The van der Waals surface area contributed by atoms with Gasteiger partial charge in [0.2, 0.25) is 11.2 Å². The Morgan fingerprint density at radius 1 is 1.41 bits per heavy atom. The predicted octanol–water partition coefficient (Wildman–Crippen LogP) is 1.91. The molecule has 2 heterocycles. The molecule has 0 aliphatic heterocycles. The number of anilines is 1. The number of nitrogens with one attached hydrogen (secondary N) is 1. The number of nitrogens with zero attached hydrogens (tertiary/aromatic N) is 4. The minimum atomic E-state index is 0.0923. The van der Waals surface area contributed by atoms with Gasteiger partial charge in [0.15, 0.2) is 0 Å². The Kier molecular flexibility index (Phi) is 3.70. The summed E-state index contributed by atoms with van der Waals surface area (Å²) in [5.41, 5.74) is 0. The Morgan fingerprint density at radius 3 is 2.88 bits per heavy atom. The van der Waals surface area contributed by atoms with Gasteiger partial charge in [-0.15, -0.1) is 11.3 Å². The molecule has 90 valence electrons. The number of thiazole rings is 1. The average Bonchev–Trinajstić information content (AvgIpc) is 2.72. The van der Waals surface area contributed by atoms with Gasteiger partial charge < -0.3 is 10.1 Å². The molecule has 2 aromatic heterocycles. The molecular formula is C9H10ClN5OS. The van der Waals surface area contributed by atoms with Crippen LogP contribution in [0.3, 0.4) is 0 Å². The van der Waals surface area contributed by atoms with Crippen LogP contribution >= 0.6 is 22.9 Å². The fourth-order valence-electron chi connectivity index (χ4n) is 1.14. The van der Waals surface area contributed by atoms with E-state index in [1.54, 1.807) is 11.3 Å². The highest BCUT2D eigenvalue weighted by atomic mass is 35.5. The Balaban J connectivity index is 2.05. The fraction of sp³-hybridized carbons (Fsp3) is 0.333. The molecule has 0 fully saturated rings. The van der Waals surface area contributed by atoms with Crippen LogP contribution in [0, 0.1) is 6.92 Å². The van der Waals surface area contributed by atoms with E-state index in [4.69, 9.17) is 16.3 Å². The molecule has 17 heavy (non-hydrogen) atoms. The Bertz CT molecular complexity index is 518. The van der Waals surface area contributed by atoms with Crippen molar-refractivity contribution >= 4 is 28.9 Å². The molecule has 0 unspecified atom stereocenters. The molecule has 6 nitrogen and oxygen atoms in total. The smallest absolute Gasteiger partial charge is 0.322 e. The van der Waals surface area contributed by atoms with Crippen LogP contribution in [0.5, 0.6) is 6.01 Å². The summed E-state index contributed by atoms with van der Waals surface area (Å²) in [5.74, 6) is 0.370. The molecule has 1 N–H and O–H groups in total. The second-order valence-corrected chi connectivity index (χ2v) is 4.79. The molecule has 0 aliphatic carbocycles. The van der Waals surface area contributed by atoms with E-state index in [0.29, 0.717) is 12.5 Å². The molecular weight excluding hydrogens is 262 g/mol. The van der Waals surface area contributed by atoms with Crippen LogP contribution in [0.2, 0.25) is 5.28 Å². The van der Waals surface area contributed by atoms with Crippen molar-refractivity contribution in [1.29, 1.82) is 0 Å². The van der Waals surface area contributed by atoms with E-state index in [1.807, 2.05) is 13.1 Å². The highest BCUT2D eigenvalue weighted by Gasteiger charge is 2.05. The van der Waals surface area contributed by atoms with Gasteiger partial charge in [-0.05, 0) is 18.5 Å². The summed E-state index contributed by atoms with van der Waals surface area (Å²) < 4.78 is 4.89. The first-order valence-corrected chi connectivity index (χ1v) is 5.97. The topological polar surface area (TPSA) is 72.8 Å². The monoisotopic (exact) mass is 271 g/mol. The van der Waals surface area contributed by atoms with Crippen LogP contribution in [-0.2, 0) is 6.54 Å². The molecule has 0 aliphatic rings. The van der Waals surface area contributed by atoms with E-state index in [2.05, 4.69) is 25.3 Å². The Labute approximate surface area is 107 Å². The van der Waals surface area contributed by atoms with E-state index in [1.165, 1.54) is 7.11 Å². The molecule has 0 atom stereocenters. The number of hydrogen-bond acceptors (Lipinski definition) is 7. The van der Waals surface area contributed by atoms with Crippen molar-refractivity contribution in [2.45, 2.75) is 13.5 Å². The van der Waals surface area contributed by atoms with Crippen molar-refractivity contribution in [3.05, 3.63) is 21.4 Å². The van der Waals surface area contributed by atoms with Gasteiger partial charge in [0, 0.05) is 11.1 Å². The zero-order valence-corrected chi connectivity index (χ0v) is 10.8. The lowest BCUT2D eigenvalue weighted by molar-refractivity contribution is 0.379. The molecule has 0 aromatic carbocycles. The summed E-state index contributed by atoms with van der Waals surface area (Å²) in [6.45, 7) is 2.55. The molecule has 8 heteroatoms. The van der Waals surface area contributed by atoms with Gasteiger partial charge >= 0.3 is 6.01 Å². The van der Waals surface area contributed by atoms with E-state index < -0.39 is 0 Å². The van der Waals surface area contributed by atoms with Crippen LogP contribution in [-0.4, -0.2) is 27.0 Å². The first-order valence-electron chi connectivity index (χ1n) is 4.78. The highest BCUT2D eigenvalue weighted by molar-refractivity contribution is 7.11. The largest absolute Gasteiger partial charge is 0.467 e. The van der Waals surface area contributed by atoms with E-state index in [-0.39, 0.29) is 11.3 Å². The first kappa shape index (κ1) is 12.0. The third-order valence-electron chi connectivity index (χ3n) is 1.84. The molecule has 2 aromatic rings. The summed E-state index contributed by atoms with van der Waals surface area (Å²) >= 11 is 7.33. The molecule has 0 amide bonds. The number of rotatable bonds is 4. The lowest BCUT2D eigenvalue weighted by Crippen LogP contribution is -2.05. The van der Waals surface area contributed by atoms with Gasteiger partial charge in [0.1, 0.15) is 5.01 Å². The van der Waals surface area contributed by atoms with Crippen molar-refractivity contribution in [3.8, 4) is 6.01 Å². The normalized spacial score (nSPS) is 10.3.